The zero-order valence-corrected chi connectivity index (χ0v) is 12.2. The number of rotatable bonds is 1. The molecule has 4 fully saturated rings. The van der Waals surface area contributed by atoms with Crippen LogP contribution in [0.15, 0.2) is 0 Å². The van der Waals surface area contributed by atoms with E-state index < -0.39 is 5.72 Å². The van der Waals surface area contributed by atoms with E-state index in [9.17, 15) is 15.3 Å². The molecular weight excluding hydrogens is 254 g/mol. The molecule has 2 aliphatic heterocycles. The van der Waals surface area contributed by atoms with Gasteiger partial charge in [-0.1, -0.05) is 0 Å². The summed E-state index contributed by atoms with van der Waals surface area (Å²) in [5, 5.41) is 31.9. The van der Waals surface area contributed by atoms with Gasteiger partial charge in [-0.3, -0.25) is 4.90 Å². The van der Waals surface area contributed by atoms with E-state index >= 15 is 0 Å². The molecule has 4 rings (SSSR count). The minimum Gasteiger partial charge on any atom is -0.396 e. The van der Waals surface area contributed by atoms with Crippen molar-refractivity contribution in [2.75, 3.05) is 19.7 Å². The fourth-order valence-corrected chi connectivity index (χ4v) is 6.47. The van der Waals surface area contributed by atoms with E-state index in [0.29, 0.717) is 12.3 Å². The van der Waals surface area contributed by atoms with Gasteiger partial charge in [0.15, 0.2) is 0 Å². The van der Waals surface area contributed by atoms with E-state index in [1.54, 1.807) is 0 Å². The van der Waals surface area contributed by atoms with E-state index in [2.05, 4.69) is 4.90 Å². The molecule has 0 radical (unpaired) electrons. The van der Waals surface area contributed by atoms with Crippen LogP contribution in [0.4, 0.5) is 0 Å². The van der Waals surface area contributed by atoms with Gasteiger partial charge in [0.1, 0.15) is 5.72 Å². The Kier molecular flexibility index (Phi) is 2.98. The Bertz CT molecular complexity index is 403. The monoisotopic (exact) mass is 281 g/mol. The van der Waals surface area contributed by atoms with Crippen LogP contribution in [0, 0.1) is 23.2 Å². The van der Waals surface area contributed by atoms with Crippen molar-refractivity contribution in [1.82, 2.24) is 4.90 Å². The molecule has 0 amide bonds. The summed E-state index contributed by atoms with van der Waals surface area (Å²) >= 11 is 0. The molecule has 2 bridgehead atoms. The molecule has 0 aromatic carbocycles. The smallest absolute Gasteiger partial charge is 0.125 e. The molecule has 20 heavy (non-hydrogen) atoms. The highest BCUT2D eigenvalue weighted by molar-refractivity contribution is 5.17. The van der Waals surface area contributed by atoms with Crippen LogP contribution in [-0.2, 0) is 0 Å². The highest BCUT2D eigenvalue weighted by Gasteiger charge is 2.70. The van der Waals surface area contributed by atoms with Crippen molar-refractivity contribution in [2.24, 2.45) is 23.2 Å². The predicted octanol–water partition coefficient (Wildman–Crippen LogP) is 0.950. The van der Waals surface area contributed by atoms with E-state index in [-0.39, 0.29) is 30.0 Å². The van der Waals surface area contributed by atoms with Gasteiger partial charge in [0, 0.05) is 25.1 Å². The summed E-state index contributed by atoms with van der Waals surface area (Å²) in [6.07, 6.45) is 6.61. The molecule has 0 aromatic heterocycles. The number of piperidine rings is 1. The van der Waals surface area contributed by atoms with Crippen LogP contribution in [0.5, 0.6) is 0 Å². The Morgan fingerprint density at radius 2 is 1.95 bits per heavy atom. The second kappa shape index (κ2) is 4.42. The van der Waals surface area contributed by atoms with Crippen molar-refractivity contribution in [3.63, 3.8) is 0 Å². The maximum Gasteiger partial charge on any atom is 0.125 e. The van der Waals surface area contributed by atoms with Gasteiger partial charge in [-0.05, 0) is 62.7 Å². The molecule has 2 saturated carbocycles. The first kappa shape index (κ1) is 13.5. The van der Waals surface area contributed by atoms with Crippen LogP contribution < -0.4 is 0 Å². The summed E-state index contributed by atoms with van der Waals surface area (Å²) in [6.45, 7) is 2.10. The lowest BCUT2D eigenvalue weighted by Crippen LogP contribution is -2.68. The average Bonchev–Trinajstić information content (AvgIpc) is 2.68. The van der Waals surface area contributed by atoms with Gasteiger partial charge in [-0.2, -0.15) is 0 Å². The molecular formula is C16H27NO3. The van der Waals surface area contributed by atoms with Crippen molar-refractivity contribution in [2.45, 2.75) is 56.8 Å². The third-order valence-corrected chi connectivity index (χ3v) is 7.06. The summed E-state index contributed by atoms with van der Waals surface area (Å²) in [5.41, 5.74) is -0.882. The van der Waals surface area contributed by atoms with Crippen molar-refractivity contribution in [3.05, 3.63) is 0 Å². The van der Waals surface area contributed by atoms with E-state index in [1.165, 1.54) is 0 Å². The van der Waals surface area contributed by atoms with Gasteiger partial charge in [0.2, 0.25) is 0 Å². The summed E-state index contributed by atoms with van der Waals surface area (Å²) < 4.78 is 0. The summed E-state index contributed by atoms with van der Waals surface area (Å²) in [5.74, 6) is 0.851. The largest absolute Gasteiger partial charge is 0.396 e. The minimum absolute atomic E-state index is 0.104. The third-order valence-electron chi connectivity index (χ3n) is 7.06. The molecule has 0 aromatic rings. The van der Waals surface area contributed by atoms with Crippen LogP contribution in [-0.4, -0.2) is 51.7 Å². The van der Waals surface area contributed by atoms with Gasteiger partial charge in [0.25, 0.3) is 0 Å². The maximum atomic E-state index is 11.6. The quantitative estimate of drug-likeness (QED) is 0.669. The summed E-state index contributed by atoms with van der Waals surface area (Å²) in [4.78, 5) is 2.30. The van der Waals surface area contributed by atoms with Crippen LogP contribution in [0.1, 0.15) is 44.9 Å². The van der Waals surface area contributed by atoms with Crippen molar-refractivity contribution < 1.29 is 15.3 Å². The van der Waals surface area contributed by atoms with Crippen molar-refractivity contribution >= 4 is 0 Å². The van der Waals surface area contributed by atoms with Gasteiger partial charge >= 0.3 is 0 Å². The van der Waals surface area contributed by atoms with Gasteiger partial charge in [0.05, 0.1) is 6.10 Å². The SMILES string of the molecule is OCC1C[C@H]2C[C@H](O)[C@H]3CCCN4CCCC23C4(O)C1. The van der Waals surface area contributed by atoms with Gasteiger partial charge in [-0.15, -0.1) is 0 Å². The Morgan fingerprint density at radius 3 is 2.75 bits per heavy atom. The predicted molar refractivity (Wildman–Crippen MR) is 74.8 cm³/mol. The number of nitrogens with zero attached hydrogens (tertiary/aromatic N) is 1. The van der Waals surface area contributed by atoms with Crippen LogP contribution in [0.2, 0.25) is 0 Å². The Balaban J connectivity index is 1.84. The molecule has 4 heteroatoms. The Labute approximate surface area is 120 Å². The highest BCUT2D eigenvalue weighted by atomic mass is 16.3. The second-order valence-electron chi connectivity index (χ2n) is 7.68. The number of hydrogen-bond donors (Lipinski definition) is 3. The topological polar surface area (TPSA) is 63.9 Å². The van der Waals surface area contributed by atoms with Crippen LogP contribution in [0.25, 0.3) is 0 Å². The molecule has 7 atom stereocenters. The second-order valence-corrected chi connectivity index (χ2v) is 7.68. The standard InChI is InChI=1S/C16H27NO3/c18-10-11-7-12-8-14(19)13-3-1-5-17-6-2-4-15(12,13)16(17,20)9-11/h11-14,18-20H,1-10H2/t11?,12-,13+,14-,15?,16?/m0/s1. The lowest BCUT2D eigenvalue weighted by atomic mass is 9.53. The van der Waals surface area contributed by atoms with Crippen LogP contribution >= 0.6 is 0 Å². The molecule has 4 nitrogen and oxygen atoms in total. The summed E-state index contributed by atoms with van der Waals surface area (Å²) in [7, 11) is 0. The molecule has 4 unspecified atom stereocenters. The zero-order valence-electron chi connectivity index (χ0n) is 12.2. The van der Waals surface area contributed by atoms with E-state index in [1.807, 2.05) is 0 Å². The number of aliphatic hydroxyl groups excluding tert-OH is 2. The first-order valence-electron chi connectivity index (χ1n) is 8.38. The first-order valence-corrected chi connectivity index (χ1v) is 8.38. The zero-order chi connectivity index (χ0) is 14.0. The lowest BCUT2D eigenvalue weighted by Gasteiger charge is -2.62. The van der Waals surface area contributed by atoms with E-state index in [4.69, 9.17) is 0 Å². The lowest BCUT2D eigenvalue weighted by molar-refractivity contribution is -0.270. The maximum absolute atomic E-state index is 11.6. The van der Waals surface area contributed by atoms with E-state index in [0.717, 1.165) is 51.6 Å². The fourth-order valence-electron chi connectivity index (χ4n) is 6.47. The van der Waals surface area contributed by atoms with Gasteiger partial charge in [-0.25, -0.2) is 0 Å². The van der Waals surface area contributed by atoms with Gasteiger partial charge < -0.3 is 15.3 Å². The molecule has 1 spiro atoms. The van der Waals surface area contributed by atoms with Crippen LogP contribution in [0.3, 0.4) is 0 Å². The van der Waals surface area contributed by atoms with Crippen molar-refractivity contribution in [3.8, 4) is 0 Å². The number of aliphatic hydroxyl groups is 3. The Hall–Kier alpha value is -0.160. The average molecular weight is 281 g/mol. The first-order chi connectivity index (χ1) is 9.62. The number of hydrogen-bond acceptors (Lipinski definition) is 4. The van der Waals surface area contributed by atoms with Crippen molar-refractivity contribution in [1.29, 1.82) is 0 Å². The molecule has 4 aliphatic rings. The highest BCUT2D eigenvalue weighted by Crippen LogP contribution is 2.67. The minimum atomic E-state index is -0.778. The molecule has 2 saturated heterocycles. The molecule has 3 N–H and O–H groups in total. The molecule has 2 heterocycles. The molecule has 114 valence electrons. The fraction of sp³-hybridized carbons (Fsp3) is 1.00. The Morgan fingerprint density at radius 1 is 1.15 bits per heavy atom. The molecule has 2 aliphatic carbocycles. The summed E-state index contributed by atoms with van der Waals surface area (Å²) in [6, 6.07) is 0. The third kappa shape index (κ3) is 1.46. The normalized spacial score (nSPS) is 58.0.